The van der Waals surface area contributed by atoms with Crippen LogP contribution >= 0.6 is 0 Å². The van der Waals surface area contributed by atoms with E-state index in [0.717, 1.165) is 12.7 Å². The maximum Gasteiger partial charge on any atom is 0.408 e. The van der Waals surface area contributed by atoms with Crippen LogP contribution in [0.2, 0.25) is 0 Å². The van der Waals surface area contributed by atoms with Gasteiger partial charge in [-0.25, -0.2) is 4.79 Å². The van der Waals surface area contributed by atoms with Gasteiger partial charge in [0.1, 0.15) is 11.9 Å². The van der Waals surface area contributed by atoms with E-state index in [4.69, 9.17) is 4.74 Å². The number of nitrogens with one attached hydrogen (secondary N) is 1. The Bertz CT molecular complexity index is 288. The number of amides is 1. The van der Waals surface area contributed by atoms with Gasteiger partial charge in [0.05, 0.1) is 6.04 Å². The van der Waals surface area contributed by atoms with Gasteiger partial charge < -0.3 is 14.8 Å². The molecule has 0 saturated heterocycles. The van der Waals surface area contributed by atoms with Gasteiger partial charge in [0.15, 0.2) is 0 Å². The van der Waals surface area contributed by atoms with Crippen LogP contribution in [0.25, 0.3) is 0 Å². The fourth-order valence-corrected chi connectivity index (χ4v) is 2.57. The number of carbonyl (C=O) groups excluding carboxylic acids is 2. The maximum atomic E-state index is 11.6. The molecule has 0 aromatic rings. The van der Waals surface area contributed by atoms with Crippen molar-refractivity contribution >= 4 is 12.4 Å². The van der Waals surface area contributed by atoms with Gasteiger partial charge in [0.2, 0.25) is 0 Å². The fourth-order valence-electron chi connectivity index (χ4n) is 2.57. The summed E-state index contributed by atoms with van der Waals surface area (Å²) in [6.07, 6.45) is 8.46. The minimum Gasteiger partial charge on any atom is -0.444 e. The second kappa shape index (κ2) is 7.51. The zero-order valence-electron chi connectivity index (χ0n) is 12.4. The molecule has 0 aliphatic heterocycles. The molecule has 1 atom stereocenters. The number of rotatable bonds is 4. The molecule has 1 unspecified atom stereocenters. The second-order valence-corrected chi connectivity index (χ2v) is 6.48. The SMILES string of the molecule is CC(C)(C)OC(=O)NC(C=O)CC1CCCCCC1. The third kappa shape index (κ3) is 7.19. The van der Waals surface area contributed by atoms with Crippen LogP contribution in [0.5, 0.6) is 0 Å². The van der Waals surface area contributed by atoms with Gasteiger partial charge in [-0.3, -0.25) is 0 Å². The Morgan fingerprint density at radius 1 is 1.26 bits per heavy atom. The summed E-state index contributed by atoms with van der Waals surface area (Å²) in [6, 6.07) is -0.419. The molecule has 110 valence electrons. The van der Waals surface area contributed by atoms with Crippen molar-refractivity contribution in [2.75, 3.05) is 0 Å². The molecule has 19 heavy (non-hydrogen) atoms. The lowest BCUT2D eigenvalue weighted by atomic mass is 9.93. The lowest BCUT2D eigenvalue weighted by molar-refractivity contribution is -0.110. The maximum absolute atomic E-state index is 11.6. The topological polar surface area (TPSA) is 55.4 Å². The van der Waals surface area contributed by atoms with Crippen LogP contribution in [0.15, 0.2) is 0 Å². The molecule has 0 bridgehead atoms. The Kier molecular flexibility index (Phi) is 6.32. The molecule has 0 spiro atoms. The number of hydrogen-bond donors (Lipinski definition) is 1. The van der Waals surface area contributed by atoms with Gasteiger partial charge in [-0.15, -0.1) is 0 Å². The molecule has 0 heterocycles. The van der Waals surface area contributed by atoms with Crippen LogP contribution in [0.4, 0.5) is 4.79 Å². The lowest BCUT2D eigenvalue weighted by Crippen LogP contribution is -2.40. The summed E-state index contributed by atoms with van der Waals surface area (Å²) in [5.74, 6) is 0.549. The van der Waals surface area contributed by atoms with E-state index in [2.05, 4.69) is 5.32 Å². The molecule has 1 fully saturated rings. The van der Waals surface area contributed by atoms with Crippen LogP contribution in [0, 0.1) is 5.92 Å². The number of aldehydes is 1. The third-order valence-electron chi connectivity index (χ3n) is 3.43. The third-order valence-corrected chi connectivity index (χ3v) is 3.43. The molecule has 1 rings (SSSR count). The van der Waals surface area contributed by atoms with Crippen molar-refractivity contribution in [3.63, 3.8) is 0 Å². The molecule has 1 amide bonds. The summed E-state index contributed by atoms with van der Waals surface area (Å²) < 4.78 is 5.17. The molecule has 1 aliphatic carbocycles. The Morgan fingerprint density at radius 2 is 1.84 bits per heavy atom. The minimum atomic E-state index is -0.528. The molecule has 0 radical (unpaired) electrons. The first-order chi connectivity index (χ1) is 8.90. The van der Waals surface area contributed by atoms with E-state index < -0.39 is 17.7 Å². The number of ether oxygens (including phenoxy) is 1. The van der Waals surface area contributed by atoms with E-state index in [1.807, 2.05) is 20.8 Å². The summed E-state index contributed by atoms with van der Waals surface area (Å²) >= 11 is 0. The normalized spacial score (nSPS) is 19.3. The summed E-state index contributed by atoms with van der Waals surface area (Å²) in [5.41, 5.74) is -0.528. The van der Waals surface area contributed by atoms with Crippen LogP contribution in [-0.4, -0.2) is 24.0 Å². The molecule has 0 aromatic carbocycles. The molecule has 1 saturated carbocycles. The largest absolute Gasteiger partial charge is 0.444 e. The van der Waals surface area contributed by atoms with Crippen molar-refractivity contribution in [1.82, 2.24) is 5.32 Å². The highest BCUT2D eigenvalue weighted by molar-refractivity contribution is 5.73. The van der Waals surface area contributed by atoms with Crippen molar-refractivity contribution < 1.29 is 14.3 Å². The summed E-state index contributed by atoms with van der Waals surface area (Å²) in [7, 11) is 0. The standard InChI is InChI=1S/C15H27NO3/c1-15(2,3)19-14(18)16-13(11-17)10-12-8-6-4-5-7-9-12/h11-13H,4-10H2,1-3H3,(H,16,18). The average Bonchev–Trinajstić information content (AvgIpc) is 2.54. The van der Waals surface area contributed by atoms with Gasteiger partial charge in [-0.2, -0.15) is 0 Å². The molecule has 0 aromatic heterocycles. The summed E-state index contributed by atoms with van der Waals surface area (Å²) in [5, 5.41) is 2.66. The number of alkyl carbamates (subject to hydrolysis) is 1. The quantitative estimate of drug-likeness (QED) is 0.628. The van der Waals surface area contributed by atoms with Gasteiger partial charge >= 0.3 is 6.09 Å². The molecule has 1 N–H and O–H groups in total. The van der Waals surface area contributed by atoms with Crippen LogP contribution in [0.3, 0.4) is 0 Å². The highest BCUT2D eigenvalue weighted by Crippen LogP contribution is 2.26. The van der Waals surface area contributed by atoms with Gasteiger partial charge in [-0.1, -0.05) is 38.5 Å². The van der Waals surface area contributed by atoms with Gasteiger partial charge in [0.25, 0.3) is 0 Å². The smallest absolute Gasteiger partial charge is 0.408 e. The van der Waals surface area contributed by atoms with Crippen molar-refractivity contribution in [3.8, 4) is 0 Å². The first kappa shape index (κ1) is 16.0. The first-order valence-corrected chi connectivity index (χ1v) is 7.35. The minimum absolute atomic E-state index is 0.419. The molecule has 4 heteroatoms. The van der Waals surface area contributed by atoms with Gasteiger partial charge in [0, 0.05) is 0 Å². The monoisotopic (exact) mass is 269 g/mol. The van der Waals surface area contributed by atoms with Crippen LogP contribution in [-0.2, 0) is 9.53 Å². The van der Waals surface area contributed by atoms with E-state index in [9.17, 15) is 9.59 Å². The van der Waals surface area contributed by atoms with Crippen molar-refractivity contribution in [1.29, 1.82) is 0 Å². The molecular weight excluding hydrogens is 242 g/mol. The van der Waals surface area contributed by atoms with Crippen molar-refractivity contribution in [3.05, 3.63) is 0 Å². The highest BCUT2D eigenvalue weighted by atomic mass is 16.6. The average molecular weight is 269 g/mol. The van der Waals surface area contributed by atoms with E-state index in [-0.39, 0.29) is 0 Å². The van der Waals surface area contributed by atoms with E-state index >= 15 is 0 Å². The zero-order valence-corrected chi connectivity index (χ0v) is 12.4. The molecular formula is C15H27NO3. The fraction of sp³-hybridized carbons (Fsp3) is 0.867. The van der Waals surface area contributed by atoms with E-state index in [0.29, 0.717) is 5.92 Å². The predicted octanol–water partition coefficient (Wildman–Crippen LogP) is 3.44. The molecule has 4 nitrogen and oxygen atoms in total. The predicted molar refractivity (Wildman–Crippen MR) is 75.0 cm³/mol. The van der Waals surface area contributed by atoms with Crippen LogP contribution < -0.4 is 5.32 Å². The highest BCUT2D eigenvalue weighted by Gasteiger charge is 2.22. The van der Waals surface area contributed by atoms with E-state index in [1.54, 1.807) is 0 Å². The Labute approximate surface area is 116 Å². The second-order valence-electron chi connectivity index (χ2n) is 6.48. The van der Waals surface area contributed by atoms with Crippen LogP contribution in [0.1, 0.15) is 65.7 Å². The first-order valence-electron chi connectivity index (χ1n) is 7.35. The summed E-state index contributed by atoms with van der Waals surface area (Å²) in [4.78, 5) is 22.7. The Balaban J connectivity index is 2.40. The Morgan fingerprint density at radius 3 is 2.32 bits per heavy atom. The van der Waals surface area contributed by atoms with Crippen molar-refractivity contribution in [2.45, 2.75) is 77.4 Å². The zero-order chi connectivity index (χ0) is 14.3. The molecule has 1 aliphatic rings. The Hall–Kier alpha value is -1.06. The van der Waals surface area contributed by atoms with Crippen molar-refractivity contribution in [2.24, 2.45) is 5.92 Å². The number of hydrogen-bond acceptors (Lipinski definition) is 3. The summed E-state index contributed by atoms with van der Waals surface area (Å²) in [6.45, 7) is 5.44. The van der Waals surface area contributed by atoms with E-state index in [1.165, 1.54) is 38.5 Å². The number of carbonyl (C=O) groups is 2. The van der Waals surface area contributed by atoms with Gasteiger partial charge in [-0.05, 0) is 33.1 Å². The lowest BCUT2D eigenvalue weighted by Gasteiger charge is -2.23.